The molecule has 2 rings (SSSR count). The molecule has 1 heterocycles. The molecule has 0 saturated heterocycles. The predicted octanol–water partition coefficient (Wildman–Crippen LogP) is 3.22. The lowest BCUT2D eigenvalue weighted by Gasteiger charge is -2.11. The number of nitrogen functional groups attached to an aromatic ring is 1. The van der Waals surface area contributed by atoms with E-state index in [1.807, 2.05) is 25.3 Å². The molecule has 0 bridgehead atoms. The highest BCUT2D eigenvalue weighted by molar-refractivity contribution is 5.75. The highest BCUT2D eigenvalue weighted by atomic mass is 14.9. The van der Waals surface area contributed by atoms with E-state index < -0.39 is 0 Å². The lowest BCUT2D eigenvalue weighted by atomic mass is 10.0. The molecule has 0 atom stereocenters. The van der Waals surface area contributed by atoms with Gasteiger partial charge in [0.05, 0.1) is 11.4 Å². The molecule has 0 unspecified atom stereocenters. The van der Waals surface area contributed by atoms with Gasteiger partial charge in [-0.1, -0.05) is 36.4 Å². The summed E-state index contributed by atoms with van der Waals surface area (Å²) in [6, 6.07) is 10.2. The number of nitrogens with one attached hydrogen (secondary N) is 1. The van der Waals surface area contributed by atoms with Crippen LogP contribution in [0.3, 0.4) is 0 Å². The molecule has 2 aromatic rings. The zero-order chi connectivity index (χ0) is 13.8. The third kappa shape index (κ3) is 2.94. The molecule has 3 N–H and O–H groups in total. The second kappa shape index (κ2) is 5.57. The van der Waals surface area contributed by atoms with E-state index >= 15 is 0 Å². The minimum Gasteiger partial charge on any atom is -0.397 e. The molecule has 0 aliphatic carbocycles. The van der Waals surface area contributed by atoms with Gasteiger partial charge in [-0.25, -0.2) is 0 Å². The van der Waals surface area contributed by atoms with Gasteiger partial charge < -0.3 is 11.1 Å². The summed E-state index contributed by atoms with van der Waals surface area (Å²) in [5.74, 6) is 0. The van der Waals surface area contributed by atoms with Crippen LogP contribution in [0.4, 0.5) is 5.69 Å². The molecule has 0 saturated carbocycles. The lowest BCUT2D eigenvalue weighted by Crippen LogP contribution is -2.12. The molecule has 0 aliphatic rings. The van der Waals surface area contributed by atoms with Crippen LogP contribution < -0.4 is 11.1 Å². The first-order valence-corrected chi connectivity index (χ1v) is 6.37. The monoisotopic (exact) mass is 253 g/mol. The number of aryl methyl sites for hydroxylation is 1. The number of pyridine rings is 1. The van der Waals surface area contributed by atoms with E-state index in [0.29, 0.717) is 5.69 Å². The molecule has 0 radical (unpaired) electrons. The normalized spacial score (nSPS) is 10.2. The maximum absolute atomic E-state index is 6.06. The smallest absolute Gasteiger partial charge is 0.108 e. The maximum atomic E-state index is 6.06. The number of benzene rings is 1. The van der Waals surface area contributed by atoms with Gasteiger partial charge in [0.2, 0.25) is 0 Å². The molecule has 0 aliphatic heterocycles. The van der Waals surface area contributed by atoms with Crippen molar-refractivity contribution in [2.75, 3.05) is 12.3 Å². The van der Waals surface area contributed by atoms with Gasteiger partial charge in [-0.2, -0.15) is 0 Å². The van der Waals surface area contributed by atoms with Crippen molar-refractivity contribution < 1.29 is 0 Å². The fourth-order valence-electron chi connectivity index (χ4n) is 2.01. The Bertz CT molecular complexity index is 603. The van der Waals surface area contributed by atoms with Crippen LogP contribution in [-0.4, -0.2) is 11.5 Å². The Morgan fingerprint density at radius 1 is 1.32 bits per heavy atom. The second-order valence-corrected chi connectivity index (χ2v) is 4.54. The van der Waals surface area contributed by atoms with E-state index in [1.54, 1.807) is 0 Å². The van der Waals surface area contributed by atoms with Crippen LogP contribution >= 0.6 is 0 Å². The van der Waals surface area contributed by atoms with Crippen LogP contribution in [0.2, 0.25) is 0 Å². The highest BCUT2D eigenvalue weighted by Crippen LogP contribution is 2.25. The zero-order valence-electron chi connectivity index (χ0n) is 11.4. The van der Waals surface area contributed by atoms with E-state index in [2.05, 4.69) is 42.0 Å². The number of rotatable bonds is 4. The summed E-state index contributed by atoms with van der Waals surface area (Å²) in [6.45, 7) is 8.83. The number of nitrogens with zero attached hydrogens (tertiary/aromatic N) is 1. The van der Waals surface area contributed by atoms with E-state index in [1.165, 1.54) is 5.56 Å². The van der Waals surface area contributed by atoms with Crippen LogP contribution in [0.25, 0.3) is 16.8 Å². The number of aromatic nitrogens is 1. The van der Waals surface area contributed by atoms with Gasteiger partial charge in [-0.05, 0) is 25.5 Å². The highest BCUT2D eigenvalue weighted by Gasteiger charge is 2.07. The maximum Gasteiger partial charge on any atom is 0.108 e. The van der Waals surface area contributed by atoms with Crippen molar-refractivity contribution in [3.8, 4) is 11.1 Å². The topological polar surface area (TPSA) is 50.9 Å². The molecule has 3 heteroatoms. The minimum absolute atomic E-state index is 0.643. The minimum atomic E-state index is 0.643. The van der Waals surface area contributed by atoms with Gasteiger partial charge in [0.15, 0.2) is 0 Å². The van der Waals surface area contributed by atoms with Crippen molar-refractivity contribution in [1.29, 1.82) is 0 Å². The quantitative estimate of drug-likeness (QED) is 0.879. The van der Waals surface area contributed by atoms with Crippen molar-refractivity contribution >= 4 is 11.4 Å². The van der Waals surface area contributed by atoms with E-state index in [9.17, 15) is 0 Å². The summed E-state index contributed by atoms with van der Waals surface area (Å²) in [4.78, 5) is 4.42. The van der Waals surface area contributed by atoms with Crippen LogP contribution in [0, 0.1) is 6.92 Å². The van der Waals surface area contributed by atoms with Crippen LogP contribution in [0.15, 0.2) is 43.1 Å². The lowest BCUT2D eigenvalue weighted by molar-refractivity contribution is 0.934. The fourth-order valence-corrected chi connectivity index (χ4v) is 2.01. The predicted molar refractivity (Wildman–Crippen MR) is 81.5 cm³/mol. The molecule has 98 valence electrons. The molecule has 0 fully saturated rings. The van der Waals surface area contributed by atoms with Gasteiger partial charge in [0, 0.05) is 18.3 Å². The number of hydrogen-bond acceptors (Lipinski definition) is 3. The van der Waals surface area contributed by atoms with Gasteiger partial charge >= 0.3 is 0 Å². The summed E-state index contributed by atoms with van der Waals surface area (Å²) in [7, 11) is 0. The van der Waals surface area contributed by atoms with E-state index in [0.717, 1.165) is 29.1 Å². The Balaban J connectivity index is 2.36. The van der Waals surface area contributed by atoms with Gasteiger partial charge in [-0.3, -0.25) is 4.98 Å². The average molecular weight is 253 g/mol. The Morgan fingerprint density at radius 2 is 2.11 bits per heavy atom. The first kappa shape index (κ1) is 13.1. The largest absolute Gasteiger partial charge is 0.397 e. The SMILES string of the molecule is C=C(NCC)c1ncc(-c2cccc(C)c2)cc1N. The Morgan fingerprint density at radius 3 is 2.74 bits per heavy atom. The first-order chi connectivity index (χ1) is 9.11. The first-order valence-electron chi connectivity index (χ1n) is 6.37. The molecule has 0 spiro atoms. The molecule has 1 aromatic heterocycles. The van der Waals surface area contributed by atoms with Gasteiger partial charge in [0.25, 0.3) is 0 Å². The molecular weight excluding hydrogens is 234 g/mol. The van der Waals surface area contributed by atoms with Crippen LogP contribution in [0.1, 0.15) is 18.2 Å². The van der Waals surface area contributed by atoms with E-state index in [4.69, 9.17) is 5.73 Å². The molecule has 19 heavy (non-hydrogen) atoms. The van der Waals surface area contributed by atoms with Crippen molar-refractivity contribution in [2.24, 2.45) is 0 Å². The summed E-state index contributed by atoms with van der Waals surface area (Å²) < 4.78 is 0. The molecule has 1 aromatic carbocycles. The van der Waals surface area contributed by atoms with Crippen molar-refractivity contribution in [3.63, 3.8) is 0 Å². The van der Waals surface area contributed by atoms with E-state index in [-0.39, 0.29) is 0 Å². The number of nitrogens with two attached hydrogens (primary N) is 1. The molecule has 3 nitrogen and oxygen atoms in total. The second-order valence-electron chi connectivity index (χ2n) is 4.54. The zero-order valence-corrected chi connectivity index (χ0v) is 11.4. The summed E-state index contributed by atoms with van der Waals surface area (Å²) in [5.41, 5.74) is 11.6. The third-order valence-electron chi connectivity index (χ3n) is 2.94. The third-order valence-corrected chi connectivity index (χ3v) is 2.94. The summed E-state index contributed by atoms with van der Waals surface area (Å²) >= 11 is 0. The number of hydrogen-bond donors (Lipinski definition) is 2. The number of anilines is 1. The van der Waals surface area contributed by atoms with Crippen molar-refractivity contribution in [2.45, 2.75) is 13.8 Å². The standard InChI is InChI=1S/C16H19N3/c1-4-18-12(3)16-15(17)9-14(10-19-16)13-7-5-6-11(2)8-13/h5-10,18H,3-4,17H2,1-2H3. The molecule has 0 amide bonds. The average Bonchev–Trinajstić information content (AvgIpc) is 2.38. The van der Waals surface area contributed by atoms with Crippen LogP contribution in [0.5, 0.6) is 0 Å². The van der Waals surface area contributed by atoms with Crippen molar-refractivity contribution in [1.82, 2.24) is 10.3 Å². The Kier molecular flexibility index (Phi) is 3.85. The Hall–Kier alpha value is -2.29. The summed E-state index contributed by atoms with van der Waals surface area (Å²) in [5, 5.41) is 3.13. The van der Waals surface area contributed by atoms with Gasteiger partial charge in [-0.15, -0.1) is 0 Å². The summed E-state index contributed by atoms with van der Waals surface area (Å²) in [6.07, 6.45) is 1.84. The Labute approximate surface area is 114 Å². The van der Waals surface area contributed by atoms with Crippen LogP contribution in [-0.2, 0) is 0 Å². The van der Waals surface area contributed by atoms with Gasteiger partial charge in [0.1, 0.15) is 5.69 Å². The molecular formula is C16H19N3. The fraction of sp³-hybridized carbons (Fsp3) is 0.188. The van der Waals surface area contributed by atoms with Crippen molar-refractivity contribution in [3.05, 3.63) is 54.4 Å².